The maximum absolute atomic E-state index is 12.0. The molecule has 1 fully saturated rings. The van der Waals surface area contributed by atoms with Crippen LogP contribution in [0.4, 0.5) is 0 Å². The third-order valence-electron chi connectivity index (χ3n) is 8.15. The van der Waals surface area contributed by atoms with E-state index in [0.717, 1.165) is 35.0 Å². The first-order valence-electron chi connectivity index (χ1n) is 14.6. The Balaban J connectivity index is 1.59. The molecule has 0 aliphatic carbocycles. The molecule has 1 N–H and O–H groups in total. The van der Waals surface area contributed by atoms with Gasteiger partial charge in [-0.2, -0.15) is 5.10 Å². The molecule has 8 heteroatoms. The fourth-order valence-electron chi connectivity index (χ4n) is 6.13. The molecule has 0 bridgehead atoms. The number of fused-ring (bicyclic) bond motifs is 1. The molecule has 7 rings (SSSR count). The number of aromatic nitrogens is 4. The van der Waals surface area contributed by atoms with Gasteiger partial charge in [0.1, 0.15) is 23.0 Å². The topological polar surface area (TPSA) is 99.4 Å². The van der Waals surface area contributed by atoms with Crippen molar-refractivity contribution in [2.75, 3.05) is 13.2 Å². The van der Waals surface area contributed by atoms with Crippen LogP contribution < -0.4 is 4.74 Å². The molecule has 6 aromatic rings. The molecule has 0 unspecified atom stereocenters. The van der Waals surface area contributed by atoms with Crippen LogP contribution in [0.3, 0.4) is 0 Å². The second-order valence-electron chi connectivity index (χ2n) is 10.7. The van der Waals surface area contributed by atoms with Gasteiger partial charge in [-0.15, -0.1) is 0 Å². The van der Waals surface area contributed by atoms with Crippen molar-refractivity contribution in [3.05, 3.63) is 144 Å². The molecule has 1 aliphatic heterocycles. The normalized spacial score (nSPS) is 14.0. The predicted octanol–water partition coefficient (Wildman–Crippen LogP) is 6.59. The predicted molar refractivity (Wildman–Crippen MR) is 167 cm³/mol. The van der Waals surface area contributed by atoms with E-state index in [1.54, 1.807) is 18.3 Å². The number of ether oxygens (including phenoxy) is 2. The average molecular weight is 583 g/mol. The number of rotatable bonds is 8. The Hall–Kier alpha value is -5.34. The van der Waals surface area contributed by atoms with Gasteiger partial charge in [0.25, 0.3) is 0 Å². The summed E-state index contributed by atoms with van der Waals surface area (Å²) in [4.78, 5) is 20.7. The molecule has 218 valence electrons. The van der Waals surface area contributed by atoms with Crippen molar-refractivity contribution in [2.45, 2.75) is 24.5 Å². The van der Waals surface area contributed by atoms with E-state index in [1.165, 1.54) is 6.20 Å². The first-order valence-corrected chi connectivity index (χ1v) is 14.6. The van der Waals surface area contributed by atoms with Crippen LogP contribution in [0, 0.1) is 0 Å². The van der Waals surface area contributed by atoms with Gasteiger partial charge in [0.2, 0.25) is 5.88 Å². The van der Waals surface area contributed by atoms with E-state index in [0.29, 0.717) is 35.7 Å². The summed E-state index contributed by atoms with van der Waals surface area (Å²) in [6.45, 7) is 1.25. The van der Waals surface area contributed by atoms with E-state index < -0.39 is 11.5 Å². The zero-order chi connectivity index (χ0) is 29.9. The van der Waals surface area contributed by atoms with Gasteiger partial charge in [-0.1, -0.05) is 91.0 Å². The molecule has 3 aromatic heterocycles. The van der Waals surface area contributed by atoms with Gasteiger partial charge in [0, 0.05) is 30.8 Å². The Morgan fingerprint density at radius 3 is 1.93 bits per heavy atom. The standard InChI is InChI=1S/C36H30N4O4/c41-35(42)30-24-25(16-20-37-30)33-32-31(17-21-38-34(32)44-29-18-22-43-23-19-29)40(39-33)36(26-10-4-1-5-11-26,27-12-6-2-7-13-27)28-14-8-3-9-15-28/h1-17,20-21,24,29H,18-19,22-23H2,(H,41,42). The van der Waals surface area contributed by atoms with Crippen LogP contribution in [0.15, 0.2) is 122 Å². The summed E-state index contributed by atoms with van der Waals surface area (Å²) in [7, 11) is 0. The van der Waals surface area contributed by atoms with E-state index in [1.807, 2.05) is 65.3 Å². The lowest BCUT2D eigenvalue weighted by atomic mass is 9.77. The summed E-state index contributed by atoms with van der Waals surface area (Å²) in [5.41, 5.74) is 4.03. The average Bonchev–Trinajstić information content (AvgIpc) is 3.48. The summed E-state index contributed by atoms with van der Waals surface area (Å²) in [6.07, 6.45) is 4.69. The first-order chi connectivity index (χ1) is 21.7. The number of pyridine rings is 2. The number of hydrogen-bond acceptors (Lipinski definition) is 6. The molecule has 44 heavy (non-hydrogen) atoms. The highest BCUT2D eigenvalue weighted by Gasteiger charge is 2.41. The number of aromatic carboxylic acids is 1. The number of carbonyl (C=O) groups is 1. The van der Waals surface area contributed by atoms with Crippen molar-refractivity contribution < 1.29 is 19.4 Å². The summed E-state index contributed by atoms with van der Waals surface area (Å²) >= 11 is 0. The highest BCUT2D eigenvalue weighted by Crippen LogP contribution is 2.45. The summed E-state index contributed by atoms with van der Waals surface area (Å²) in [5.74, 6) is -0.660. The molecule has 8 nitrogen and oxygen atoms in total. The third-order valence-corrected chi connectivity index (χ3v) is 8.15. The first kappa shape index (κ1) is 27.5. The van der Waals surface area contributed by atoms with Crippen molar-refractivity contribution >= 4 is 16.9 Å². The van der Waals surface area contributed by atoms with Gasteiger partial charge in [-0.25, -0.2) is 19.4 Å². The van der Waals surface area contributed by atoms with Gasteiger partial charge in [-0.3, -0.25) is 0 Å². The SMILES string of the molecule is O=C(O)c1cc(-c2nn(C(c3ccccc3)(c3ccccc3)c3ccccc3)c3ccnc(OC4CCOCC4)c23)ccn1. The lowest BCUT2D eigenvalue weighted by Gasteiger charge is -2.37. The van der Waals surface area contributed by atoms with Crippen LogP contribution in [0.25, 0.3) is 22.2 Å². The van der Waals surface area contributed by atoms with Crippen LogP contribution >= 0.6 is 0 Å². The zero-order valence-electron chi connectivity index (χ0n) is 23.9. The lowest BCUT2D eigenvalue weighted by Crippen LogP contribution is -2.38. The Bertz CT molecular complexity index is 1810. The van der Waals surface area contributed by atoms with Crippen LogP contribution in [-0.4, -0.2) is 50.1 Å². The van der Waals surface area contributed by atoms with E-state index in [4.69, 9.17) is 19.6 Å². The molecule has 0 amide bonds. The minimum atomic E-state index is -1.11. The second kappa shape index (κ2) is 11.7. The molecule has 0 atom stereocenters. The Labute approximate surface area is 254 Å². The number of hydrogen-bond donors (Lipinski definition) is 1. The third kappa shape index (κ3) is 4.79. The molecule has 3 aromatic carbocycles. The van der Waals surface area contributed by atoms with Gasteiger partial charge >= 0.3 is 5.97 Å². The van der Waals surface area contributed by atoms with Crippen molar-refractivity contribution in [3.63, 3.8) is 0 Å². The molecule has 1 aliphatic rings. The quantitative estimate of drug-likeness (QED) is 0.202. The summed E-state index contributed by atoms with van der Waals surface area (Å²) in [6, 6.07) is 36.2. The Kier molecular flexibility index (Phi) is 7.33. The van der Waals surface area contributed by atoms with Gasteiger partial charge in [0.05, 0.1) is 24.1 Å². The number of benzene rings is 3. The van der Waals surface area contributed by atoms with Gasteiger partial charge < -0.3 is 14.6 Å². The smallest absolute Gasteiger partial charge is 0.354 e. The summed E-state index contributed by atoms with van der Waals surface area (Å²) in [5, 5.41) is 15.9. The van der Waals surface area contributed by atoms with Crippen LogP contribution in [0.1, 0.15) is 40.0 Å². The molecular weight excluding hydrogens is 552 g/mol. The molecule has 0 radical (unpaired) electrons. The van der Waals surface area contributed by atoms with Crippen LogP contribution in [-0.2, 0) is 10.3 Å². The minimum absolute atomic E-state index is 0.0628. The Morgan fingerprint density at radius 2 is 1.36 bits per heavy atom. The van der Waals surface area contributed by atoms with E-state index in [9.17, 15) is 9.90 Å². The molecule has 0 spiro atoms. The van der Waals surface area contributed by atoms with Crippen LogP contribution in [0.2, 0.25) is 0 Å². The monoisotopic (exact) mass is 582 g/mol. The zero-order valence-corrected chi connectivity index (χ0v) is 23.9. The second-order valence-corrected chi connectivity index (χ2v) is 10.7. The van der Waals surface area contributed by atoms with Gasteiger partial charge in [-0.05, 0) is 34.9 Å². The van der Waals surface area contributed by atoms with Crippen molar-refractivity contribution in [1.29, 1.82) is 0 Å². The lowest BCUT2D eigenvalue weighted by molar-refractivity contribution is 0.0244. The van der Waals surface area contributed by atoms with Crippen LogP contribution in [0.5, 0.6) is 5.88 Å². The molecule has 1 saturated heterocycles. The number of carboxylic acids is 1. The maximum atomic E-state index is 12.0. The van der Waals surface area contributed by atoms with E-state index in [-0.39, 0.29) is 11.8 Å². The van der Waals surface area contributed by atoms with Crippen molar-refractivity contribution in [1.82, 2.24) is 19.7 Å². The fourth-order valence-corrected chi connectivity index (χ4v) is 6.13. The largest absolute Gasteiger partial charge is 0.477 e. The molecule has 0 saturated carbocycles. The highest BCUT2D eigenvalue weighted by atomic mass is 16.5. The fraction of sp³-hybridized carbons (Fsp3) is 0.167. The van der Waals surface area contributed by atoms with Gasteiger partial charge in [0.15, 0.2) is 0 Å². The maximum Gasteiger partial charge on any atom is 0.354 e. The van der Waals surface area contributed by atoms with E-state index >= 15 is 0 Å². The van der Waals surface area contributed by atoms with Crippen molar-refractivity contribution in [3.8, 4) is 17.1 Å². The molecular formula is C36H30N4O4. The molecule has 4 heterocycles. The number of carboxylic acid groups (broad SMARTS) is 1. The number of nitrogens with zero attached hydrogens (tertiary/aromatic N) is 4. The van der Waals surface area contributed by atoms with E-state index in [2.05, 4.69) is 41.4 Å². The summed E-state index contributed by atoms with van der Waals surface area (Å²) < 4.78 is 14.2. The Morgan fingerprint density at radius 1 is 0.795 bits per heavy atom. The highest BCUT2D eigenvalue weighted by molar-refractivity contribution is 5.98. The van der Waals surface area contributed by atoms with Crippen molar-refractivity contribution in [2.24, 2.45) is 0 Å². The minimum Gasteiger partial charge on any atom is -0.477 e.